The average Bonchev–Trinajstić information content (AvgIpc) is 4.01. The maximum absolute atomic E-state index is 12.6. The molecule has 4 aromatic rings. The molecule has 2 aliphatic carbocycles. The van der Waals surface area contributed by atoms with Crippen molar-refractivity contribution >= 4 is 70.2 Å². The van der Waals surface area contributed by atoms with Crippen LogP contribution in [0, 0.1) is 23.2 Å². The molecule has 1 atom stereocenters. The second-order valence-corrected chi connectivity index (χ2v) is 12.9. The van der Waals surface area contributed by atoms with Crippen LogP contribution in [0.3, 0.4) is 0 Å². The van der Waals surface area contributed by atoms with Gasteiger partial charge in [-0.15, -0.1) is 0 Å². The lowest BCUT2D eigenvalue weighted by atomic mass is 9.97. The van der Waals surface area contributed by atoms with Gasteiger partial charge in [-0.3, -0.25) is 19.2 Å². The number of hydrogen-bond acceptors (Lipinski definition) is 5. The lowest BCUT2D eigenvalue weighted by Crippen LogP contribution is -2.31. The first-order valence-electron chi connectivity index (χ1n) is 15.2. The SMILES string of the molecule is C.C.CC(=O)c1ccc(Cl)cc1.N#CC1CC1.O=C(CC(NC(=O)C1CC1)c1ccc(Cl)cc1)c1ccc(Cl)cc1.O=Cc1ccc(Cl)cc1. The van der Waals surface area contributed by atoms with Crippen LogP contribution in [-0.2, 0) is 4.79 Å². The molecule has 264 valence electrons. The number of carbonyl (C=O) groups is 4. The number of nitrogens with one attached hydrogen (secondary N) is 1. The highest BCUT2D eigenvalue weighted by molar-refractivity contribution is 6.31. The molecule has 0 radical (unpaired) electrons. The van der Waals surface area contributed by atoms with Crippen LogP contribution in [0.1, 0.15) is 96.6 Å². The van der Waals surface area contributed by atoms with Gasteiger partial charge in [-0.2, -0.15) is 5.26 Å². The molecule has 4 aromatic carbocycles. The van der Waals surface area contributed by atoms with Crippen molar-refractivity contribution in [1.29, 1.82) is 5.26 Å². The minimum Gasteiger partial charge on any atom is -0.349 e. The molecule has 6 nitrogen and oxygen atoms in total. The van der Waals surface area contributed by atoms with Gasteiger partial charge in [0.15, 0.2) is 11.6 Å². The topological polar surface area (TPSA) is 104 Å². The van der Waals surface area contributed by atoms with Crippen molar-refractivity contribution in [3.05, 3.63) is 139 Å². The van der Waals surface area contributed by atoms with Gasteiger partial charge < -0.3 is 5.32 Å². The molecule has 0 aliphatic heterocycles. The maximum atomic E-state index is 12.6. The Kier molecular flexibility index (Phi) is 20.0. The Morgan fingerprint density at radius 3 is 1.50 bits per heavy atom. The predicted molar refractivity (Wildman–Crippen MR) is 206 cm³/mol. The zero-order valence-corrected chi connectivity index (χ0v) is 29.2. The minimum atomic E-state index is -0.362. The lowest BCUT2D eigenvalue weighted by Gasteiger charge is -2.19. The molecule has 0 aromatic heterocycles. The largest absolute Gasteiger partial charge is 0.349 e. The first kappa shape index (κ1) is 44.0. The van der Waals surface area contributed by atoms with Crippen molar-refractivity contribution in [2.24, 2.45) is 11.8 Å². The van der Waals surface area contributed by atoms with E-state index in [9.17, 15) is 19.2 Å². The highest BCUT2D eigenvalue weighted by Gasteiger charge is 2.31. The summed E-state index contributed by atoms with van der Waals surface area (Å²) in [5, 5.41) is 13.5. The fraction of sp³-hybridized carbons (Fsp3) is 0.275. The van der Waals surface area contributed by atoms with Gasteiger partial charge in [-0.05, 0) is 111 Å². The Morgan fingerprint density at radius 1 is 0.720 bits per heavy atom. The number of Topliss-reactive ketones (excluding diaryl/α,β-unsaturated/α-hetero) is 2. The molecular formula is C40H42Cl4N2O4. The second kappa shape index (κ2) is 22.7. The van der Waals surface area contributed by atoms with E-state index in [0.717, 1.165) is 37.5 Å². The van der Waals surface area contributed by atoms with Crippen molar-refractivity contribution < 1.29 is 19.2 Å². The van der Waals surface area contributed by atoms with E-state index in [1.807, 2.05) is 12.1 Å². The summed E-state index contributed by atoms with van der Waals surface area (Å²) in [6, 6.07) is 29.3. The number of rotatable bonds is 8. The Morgan fingerprint density at radius 2 is 1.14 bits per heavy atom. The molecule has 0 bridgehead atoms. The van der Waals surface area contributed by atoms with Gasteiger partial charge in [0.1, 0.15) is 6.29 Å². The third-order valence-corrected chi connectivity index (χ3v) is 8.12. The molecule has 0 saturated heterocycles. The zero-order chi connectivity index (χ0) is 35.1. The molecule has 1 unspecified atom stereocenters. The normalized spacial score (nSPS) is 12.8. The van der Waals surface area contributed by atoms with Crippen molar-refractivity contribution in [2.45, 2.75) is 59.9 Å². The molecule has 0 heterocycles. The van der Waals surface area contributed by atoms with Gasteiger partial charge >= 0.3 is 0 Å². The van der Waals surface area contributed by atoms with Crippen LogP contribution in [-0.4, -0.2) is 23.8 Å². The summed E-state index contributed by atoms with van der Waals surface area (Å²) in [6.45, 7) is 1.53. The van der Waals surface area contributed by atoms with Crippen molar-refractivity contribution in [1.82, 2.24) is 5.32 Å². The number of hydrogen-bond donors (Lipinski definition) is 1. The fourth-order valence-electron chi connectivity index (χ4n) is 3.96. The van der Waals surface area contributed by atoms with Gasteiger partial charge in [0, 0.05) is 55.0 Å². The summed E-state index contributed by atoms with van der Waals surface area (Å²) < 4.78 is 0. The van der Waals surface area contributed by atoms with Gasteiger partial charge in [0.2, 0.25) is 5.91 Å². The van der Waals surface area contributed by atoms with E-state index < -0.39 is 0 Å². The van der Waals surface area contributed by atoms with Crippen LogP contribution >= 0.6 is 46.4 Å². The van der Waals surface area contributed by atoms with Crippen molar-refractivity contribution in [3.63, 3.8) is 0 Å². The predicted octanol–water partition coefficient (Wildman–Crippen LogP) is 11.7. The summed E-state index contributed by atoms with van der Waals surface area (Å²) in [7, 11) is 0. The van der Waals surface area contributed by atoms with E-state index in [4.69, 9.17) is 51.7 Å². The Hall–Kier alpha value is -3.99. The number of ketones is 2. The fourth-order valence-corrected chi connectivity index (χ4v) is 4.46. The maximum Gasteiger partial charge on any atom is 0.223 e. The summed E-state index contributed by atoms with van der Waals surface area (Å²) in [6.07, 6.45) is 5.12. The van der Waals surface area contributed by atoms with E-state index in [1.165, 1.54) is 6.92 Å². The first-order valence-corrected chi connectivity index (χ1v) is 16.7. The number of nitrogens with zero attached hydrogens (tertiary/aromatic N) is 1. The van der Waals surface area contributed by atoms with Crippen LogP contribution < -0.4 is 5.32 Å². The van der Waals surface area contributed by atoms with Crippen LogP contribution in [0.15, 0.2) is 97.1 Å². The standard InChI is InChI=1S/C19H17Cl2NO2.C8H7ClO.C7H5ClO.C4H5N.2CH4/c20-15-7-3-12(4-8-15)17(22-19(24)14-1-2-14)11-18(23)13-5-9-16(21)10-6-13;1-6(10)7-2-4-8(9)5-3-7;8-7-3-1-6(5-9)2-4-7;5-3-4-1-2-4;;/h3-10,14,17H,1-2,11H2,(H,22,24);2-5H,1H3;1-5H;4H,1-2H2;2*1H4. The van der Waals surface area contributed by atoms with Crippen molar-refractivity contribution in [3.8, 4) is 6.07 Å². The van der Waals surface area contributed by atoms with E-state index in [0.29, 0.717) is 42.7 Å². The molecule has 6 rings (SSSR count). The molecule has 2 fully saturated rings. The van der Waals surface area contributed by atoms with E-state index in [2.05, 4.69) is 11.4 Å². The monoisotopic (exact) mass is 754 g/mol. The Labute approximate surface area is 315 Å². The summed E-state index contributed by atoms with van der Waals surface area (Å²) >= 11 is 23.0. The first-order chi connectivity index (χ1) is 23.0. The molecule has 0 spiro atoms. The number of benzene rings is 4. The molecule has 1 amide bonds. The molecule has 2 saturated carbocycles. The highest BCUT2D eigenvalue weighted by Crippen LogP contribution is 2.31. The summed E-state index contributed by atoms with van der Waals surface area (Å²) in [5.74, 6) is 0.568. The Bertz CT molecular complexity index is 1700. The molecule has 2 aliphatic rings. The third kappa shape index (κ3) is 16.6. The molecule has 10 heteroatoms. The molecular weight excluding hydrogens is 714 g/mol. The van der Waals surface area contributed by atoms with Gasteiger partial charge in [-0.1, -0.05) is 85.5 Å². The average molecular weight is 757 g/mol. The minimum absolute atomic E-state index is 0. The number of aldehydes is 1. The Balaban J connectivity index is 0.000000395. The number of nitriles is 1. The third-order valence-electron chi connectivity index (χ3n) is 7.11. The van der Waals surface area contributed by atoms with Crippen LogP contribution in [0.2, 0.25) is 20.1 Å². The highest BCUT2D eigenvalue weighted by atomic mass is 35.5. The molecule has 50 heavy (non-hydrogen) atoms. The van der Waals surface area contributed by atoms with E-state index in [1.54, 1.807) is 84.9 Å². The number of amides is 1. The lowest BCUT2D eigenvalue weighted by molar-refractivity contribution is -0.123. The van der Waals surface area contributed by atoms with Crippen LogP contribution in [0.5, 0.6) is 0 Å². The van der Waals surface area contributed by atoms with Gasteiger partial charge in [0.05, 0.1) is 12.1 Å². The second-order valence-electron chi connectivity index (χ2n) is 11.2. The smallest absolute Gasteiger partial charge is 0.223 e. The van der Waals surface area contributed by atoms with Gasteiger partial charge in [-0.25, -0.2) is 0 Å². The van der Waals surface area contributed by atoms with Gasteiger partial charge in [0.25, 0.3) is 0 Å². The van der Waals surface area contributed by atoms with Crippen LogP contribution in [0.4, 0.5) is 0 Å². The van der Waals surface area contributed by atoms with E-state index >= 15 is 0 Å². The number of carbonyl (C=O) groups excluding carboxylic acids is 4. The quantitative estimate of drug-likeness (QED) is 0.142. The van der Waals surface area contributed by atoms with E-state index in [-0.39, 0.29) is 50.7 Å². The summed E-state index contributed by atoms with van der Waals surface area (Å²) in [4.78, 5) is 45.5. The molecule has 1 N–H and O–H groups in total. The summed E-state index contributed by atoms with van der Waals surface area (Å²) in [5.41, 5.74) is 2.80. The zero-order valence-electron chi connectivity index (χ0n) is 26.2. The van der Waals surface area contributed by atoms with Crippen LogP contribution in [0.25, 0.3) is 0 Å². The van der Waals surface area contributed by atoms with Crippen molar-refractivity contribution in [2.75, 3.05) is 0 Å². The number of halogens is 4.